The lowest BCUT2D eigenvalue weighted by Crippen LogP contribution is -2.27. The van der Waals surface area contributed by atoms with Crippen molar-refractivity contribution in [3.63, 3.8) is 0 Å². The molecule has 0 saturated heterocycles. The van der Waals surface area contributed by atoms with Gasteiger partial charge in [0.15, 0.2) is 5.52 Å². The van der Waals surface area contributed by atoms with Gasteiger partial charge in [-0.25, -0.2) is 13.0 Å². The molecule has 184 valence electrons. The number of nitrogens with zero attached hydrogens (tertiary/aromatic N) is 3. The van der Waals surface area contributed by atoms with Crippen molar-refractivity contribution < 1.29 is 17.5 Å². The molecular formula is C30H25N3O3S. The Morgan fingerprint density at radius 1 is 0.811 bits per heavy atom. The van der Waals surface area contributed by atoms with Crippen LogP contribution < -0.4 is 4.57 Å². The fourth-order valence-corrected chi connectivity index (χ4v) is 6.56. The minimum Gasteiger partial charge on any atom is -0.744 e. The lowest BCUT2D eigenvalue weighted by molar-refractivity contribution is -0.618. The van der Waals surface area contributed by atoms with Crippen molar-refractivity contribution in [3.05, 3.63) is 95.6 Å². The predicted octanol–water partition coefficient (Wildman–Crippen LogP) is 5.73. The largest absolute Gasteiger partial charge is 0.744 e. The molecule has 0 aliphatic rings. The van der Waals surface area contributed by atoms with Gasteiger partial charge in [0.1, 0.15) is 15.6 Å². The average molecular weight is 508 g/mol. The molecule has 0 saturated carbocycles. The first-order valence-electron chi connectivity index (χ1n) is 12.0. The molecule has 6 nitrogen and oxygen atoms in total. The summed E-state index contributed by atoms with van der Waals surface area (Å²) in [5.41, 5.74) is 6.53. The average Bonchev–Trinajstić information content (AvgIpc) is 3.31. The zero-order valence-corrected chi connectivity index (χ0v) is 21.8. The first-order chi connectivity index (χ1) is 17.6. The first-order valence-corrected chi connectivity index (χ1v) is 13.4. The molecule has 7 aromatic rings. The molecule has 2 heterocycles. The summed E-state index contributed by atoms with van der Waals surface area (Å²) in [6.07, 6.45) is 0. The summed E-state index contributed by atoms with van der Waals surface area (Å²) >= 11 is 0. The maximum atomic E-state index is 10.8. The van der Waals surface area contributed by atoms with Gasteiger partial charge >= 0.3 is 5.65 Å². The Kier molecular flexibility index (Phi) is 5.19. The Hall–Kier alpha value is -4.07. The summed E-state index contributed by atoms with van der Waals surface area (Å²) in [6, 6.07) is 27.1. The van der Waals surface area contributed by atoms with E-state index in [2.05, 4.69) is 82.9 Å². The second kappa shape index (κ2) is 8.23. The lowest BCUT2D eigenvalue weighted by Gasteiger charge is -2.14. The first kappa shape index (κ1) is 23.3. The molecule has 0 bridgehead atoms. The number of fused-ring (bicyclic) bond motifs is 6. The van der Waals surface area contributed by atoms with Gasteiger partial charge in [0, 0.05) is 16.8 Å². The molecule has 7 heteroatoms. The Labute approximate surface area is 214 Å². The van der Waals surface area contributed by atoms with Crippen LogP contribution in [-0.4, -0.2) is 22.6 Å². The summed E-state index contributed by atoms with van der Waals surface area (Å²) in [5, 5.41) is 11.4. The highest BCUT2D eigenvalue weighted by molar-refractivity contribution is 7.85. The monoisotopic (exact) mass is 507 g/mol. The van der Waals surface area contributed by atoms with Crippen LogP contribution >= 0.6 is 0 Å². The van der Waals surface area contributed by atoms with E-state index in [0.29, 0.717) is 11.1 Å². The van der Waals surface area contributed by atoms with E-state index in [1.807, 2.05) is 6.92 Å². The zero-order chi connectivity index (χ0) is 26.1. The summed E-state index contributed by atoms with van der Waals surface area (Å²) in [4.78, 5) is -0.0851. The van der Waals surface area contributed by atoms with Gasteiger partial charge in [0.05, 0.1) is 11.9 Å². The molecule has 0 unspecified atom stereocenters. The van der Waals surface area contributed by atoms with Crippen molar-refractivity contribution in [2.24, 2.45) is 7.05 Å². The van der Waals surface area contributed by atoms with Crippen molar-refractivity contribution in [1.29, 1.82) is 0 Å². The molecule has 0 spiro atoms. The fourth-order valence-electron chi connectivity index (χ4n) is 5.66. The third-order valence-electron chi connectivity index (χ3n) is 7.07. The number of aryl methyl sites for hydroxylation is 4. The molecule has 7 rings (SSSR count). The number of rotatable bonds is 1. The van der Waals surface area contributed by atoms with E-state index in [9.17, 15) is 13.0 Å². The number of hydrogen-bond acceptors (Lipinski definition) is 4. The Morgan fingerprint density at radius 3 is 2.14 bits per heavy atom. The molecule has 5 aromatic carbocycles. The summed E-state index contributed by atoms with van der Waals surface area (Å²) in [5.74, 6) is 0. The summed E-state index contributed by atoms with van der Waals surface area (Å²) in [7, 11) is -2.23. The van der Waals surface area contributed by atoms with E-state index in [4.69, 9.17) is 5.10 Å². The van der Waals surface area contributed by atoms with Gasteiger partial charge in [-0.1, -0.05) is 75.8 Å². The van der Waals surface area contributed by atoms with Gasteiger partial charge in [-0.2, -0.15) is 0 Å². The third-order valence-corrected chi connectivity index (χ3v) is 8.21. The predicted molar refractivity (Wildman–Crippen MR) is 146 cm³/mol. The highest BCUT2D eigenvalue weighted by atomic mass is 32.2. The van der Waals surface area contributed by atoms with Crippen molar-refractivity contribution in [3.8, 4) is 0 Å². The Balaban J connectivity index is 0.000000166. The van der Waals surface area contributed by atoms with Crippen LogP contribution in [0.15, 0.2) is 83.8 Å². The van der Waals surface area contributed by atoms with Crippen LogP contribution in [0.2, 0.25) is 0 Å². The van der Waals surface area contributed by atoms with E-state index in [-0.39, 0.29) is 4.90 Å². The molecule has 0 amide bonds. The van der Waals surface area contributed by atoms with Crippen molar-refractivity contribution in [2.75, 3.05) is 0 Å². The zero-order valence-electron chi connectivity index (χ0n) is 21.0. The molecule has 2 aromatic heterocycles. The number of benzene rings is 4. The third kappa shape index (κ3) is 3.62. The maximum absolute atomic E-state index is 10.8. The van der Waals surface area contributed by atoms with E-state index in [1.165, 1.54) is 32.4 Å². The van der Waals surface area contributed by atoms with Crippen LogP contribution in [0.25, 0.3) is 49.1 Å². The normalized spacial score (nSPS) is 12.1. The van der Waals surface area contributed by atoms with Gasteiger partial charge in [-0.15, -0.1) is 0 Å². The van der Waals surface area contributed by atoms with Gasteiger partial charge < -0.3 is 4.55 Å². The number of imidazole rings is 1. The number of aromatic nitrogens is 3. The lowest BCUT2D eigenvalue weighted by atomic mass is 10.1. The standard InChI is InChI=1S/C21H14N3.C9H12O3S/c1-23-17-10-2-3-11-18(17)24-19(23)12-16-14-8-4-6-13-7-5-9-15(20(13)14)21(16)22-24;1-6-4-7(2)9(8(3)5-6)13(10,11)12/h2-12H,1H3;4-5H,1-3H3,(H,10,11,12)/q+1;/p-1. The highest BCUT2D eigenvalue weighted by Crippen LogP contribution is 2.37. The van der Waals surface area contributed by atoms with Gasteiger partial charge in [-0.3, -0.25) is 0 Å². The van der Waals surface area contributed by atoms with Crippen LogP contribution in [0.3, 0.4) is 0 Å². The van der Waals surface area contributed by atoms with E-state index in [0.717, 1.165) is 22.2 Å². The Morgan fingerprint density at radius 2 is 1.46 bits per heavy atom. The van der Waals surface area contributed by atoms with Crippen LogP contribution in [0.4, 0.5) is 0 Å². The summed E-state index contributed by atoms with van der Waals surface area (Å²) < 4.78 is 36.8. The molecule has 0 radical (unpaired) electrons. The van der Waals surface area contributed by atoms with Crippen molar-refractivity contribution in [2.45, 2.75) is 25.7 Å². The van der Waals surface area contributed by atoms with Crippen molar-refractivity contribution in [1.82, 2.24) is 9.61 Å². The fraction of sp³-hybridized carbons (Fsp3) is 0.133. The van der Waals surface area contributed by atoms with Crippen LogP contribution in [0.1, 0.15) is 16.7 Å². The van der Waals surface area contributed by atoms with E-state index < -0.39 is 10.1 Å². The molecular weight excluding hydrogens is 482 g/mol. The van der Waals surface area contributed by atoms with Gasteiger partial charge in [0.2, 0.25) is 5.52 Å². The molecule has 0 aliphatic carbocycles. The van der Waals surface area contributed by atoms with Gasteiger partial charge in [0.25, 0.3) is 0 Å². The van der Waals surface area contributed by atoms with E-state index in [1.54, 1.807) is 26.0 Å². The van der Waals surface area contributed by atoms with Gasteiger partial charge in [-0.05, 0) is 60.2 Å². The maximum Gasteiger partial charge on any atom is 0.308 e. The van der Waals surface area contributed by atoms with Crippen LogP contribution in [0, 0.1) is 20.8 Å². The van der Waals surface area contributed by atoms with E-state index >= 15 is 0 Å². The second-order valence-electron chi connectivity index (χ2n) is 9.62. The Bertz CT molecular complexity index is 2080. The quantitative estimate of drug-likeness (QED) is 0.210. The SMILES string of the molecule is C[n+]1c2ccccc2n2nc3c(cc21)c1cccc2cccc3c21.Cc1cc(C)c(S(=O)(=O)[O-])c(C)c1. The summed E-state index contributed by atoms with van der Waals surface area (Å²) in [6.45, 7) is 5.12. The minimum atomic E-state index is -4.33. The number of hydrogen-bond donors (Lipinski definition) is 0. The molecule has 0 aliphatic heterocycles. The smallest absolute Gasteiger partial charge is 0.308 e. The highest BCUT2D eigenvalue weighted by Gasteiger charge is 2.21. The van der Waals surface area contributed by atoms with Crippen molar-refractivity contribution >= 4 is 59.2 Å². The van der Waals surface area contributed by atoms with Crippen LogP contribution in [0.5, 0.6) is 0 Å². The second-order valence-corrected chi connectivity index (χ2v) is 10.9. The molecule has 0 N–H and O–H groups in total. The number of para-hydroxylation sites is 2. The minimum absolute atomic E-state index is 0.0851. The molecule has 37 heavy (non-hydrogen) atoms. The van der Waals surface area contributed by atoms with Crippen LogP contribution in [-0.2, 0) is 17.2 Å². The topological polar surface area (TPSA) is 78.4 Å². The molecule has 0 fully saturated rings. The molecule has 0 atom stereocenters.